The minimum Gasteiger partial charge on any atom is -0.477 e. The van der Waals surface area contributed by atoms with Crippen LogP contribution >= 0.6 is 0 Å². The molecule has 0 N–H and O–H groups in total. The van der Waals surface area contributed by atoms with Crippen molar-refractivity contribution in [2.75, 3.05) is 55.8 Å². The molecule has 0 radical (unpaired) electrons. The van der Waals surface area contributed by atoms with Crippen molar-refractivity contribution in [2.24, 2.45) is 0 Å². The van der Waals surface area contributed by atoms with Gasteiger partial charge in [0, 0.05) is 53.5 Å². The first-order valence-electron chi connectivity index (χ1n) is 18.9. The van der Waals surface area contributed by atoms with Crippen molar-refractivity contribution < 1.29 is 9.47 Å². The Bertz CT molecular complexity index is 2220. The van der Waals surface area contributed by atoms with Crippen LogP contribution in [-0.2, 0) is 4.74 Å². The Hall–Kier alpha value is -4.75. The predicted molar refractivity (Wildman–Crippen MR) is 212 cm³/mol. The molecule has 2 aliphatic rings. The topological polar surface area (TPSA) is 63.6 Å². The van der Waals surface area contributed by atoms with Gasteiger partial charge in [-0.15, -0.1) is 0 Å². The van der Waals surface area contributed by atoms with Gasteiger partial charge < -0.3 is 19.3 Å². The second-order valence-electron chi connectivity index (χ2n) is 14.8. The van der Waals surface area contributed by atoms with Gasteiger partial charge in [0.05, 0.1) is 36.4 Å². The predicted octanol–water partition coefficient (Wildman–Crippen LogP) is 10.1. The molecule has 5 heterocycles. The van der Waals surface area contributed by atoms with Crippen molar-refractivity contribution in [1.82, 2.24) is 15.0 Å². The normalized spacial score (nSPS) is 15.3. The van der Waals surface area contributed by atoms with Gasteiger partial charge in [-0.2, -0.15) is 0 Å². The fraction of sp³-hybridized carbons (Fsp3) is 0.386. The number of fused-ring (bicyclic) bond motifs is 3. The molecule has 7 heteroatoms. The number of aromatic nitrogens is 3. The van der Waals surface area contributed by atoms with E-state index in [1.165, 1.54) is 29.4 Å². The molecule has 8 rings (SSSR count). The molecule has 6 aromatic rings. The van der Waals surface area contributed by atoms with E-state index in [0.29, 0.717) is 31.6 Å². The second-order valence-corrected chi connectivity index (χ2v) is 14.8. The van der Waals surface area contributed by atoms with Gasteiger partial charge in [0.25, 0.3) is 0 Å². The van der Waals surface area contributed by atoms with E-state index >= 15 is 0 Å². The number of anilines is 2. The summed E-state index contributed by atoms with van der Waals surface area (Å²) in [5.41, 5.74) is 9.89. The SMILES string of the molecule is CCCOc1nc2cc(-c3cc4ccccc4nc3N3CCOCC3)cc(C(C)C)c2cc1-c1cc(C(C)C)c2ccc(N3CCCC3)nc2c1. The molecule has 3 aromatic carbocycles. The maximum atomic E-state index is 6.51. The van der Waals surface area contributed by atoms with E-state index in [4.69, 9.17) is 24.4 Å². The van der Waals surface area contributed by atoms with Crippen LogP contribution in [0.2, 0.25) is 0 Å². The number of benzene rings is 3. The molecule has 3 aromatic heterocycles. The summed E-state index contributed by atoms with van der Waals surface area (Å²) in [6.07, 6.45) is 3.35. The summed E-state index contributed by atoms with van der Waals surface area (Å²) in [6, 6.07) is 26.7. The number of para-hydroxylation sites is 1. The number of hydrogen-bond donors (Lipinski definition) is 0. The highest BCUT2D eigenvalue weighted by molar-refractivity contribution is 5.97. The summed E-state index contributed by atoms with van der Waals surface area (Å²) in [7, 11) is 0. The van der Waals surface area contributed by atoms with E-state index in [2.05, 4.69) is 117 Å². The molecule has 2 aliphatic heterocycles. The maximum Gasteiger partial charge on any atom is 0.221 e. The summed E-state index contributed by atoms with van der Waals surface area (Å²) in [6.45, 7) is 17.0. The summed E-state index contributed by atoms with van der Waals surface area (Å²) in [4.78, 5) is 20.6. The summed E-state index contributed by atoms with van der Waals surface area (Å²) >= 11 is 0. The Morgan fingerprint density at radius 3 is 2.08 bits per heavy atom. The molecule has 2 fully saturated rings. The molecule has 0 unspecified atom stereocenters. The van der Waals surface area contributed by atoms with Crippen LogP contribution in [0.1, 0.15) is 76.8 Å². The van der Waals surface area contributed by atoms with Gasteiger partial charge in [-0.25, -0.2) is 15.0 Å². The average molecular weight is 680 g/mol. The van der Waals surface area contributed by atoms with Gasteiger partial charge in [-0.05, 0) is 102 Å². The lowest BCUT2D eigenvalue weighted by atomic mass is 9.90. The van der Waals surface area contributed by atoms with Crippen molar-refractivity contribution in [3.63, 3.8) is 0 Å². The summed E-state index contributed by atoms with van der Waals surface area (Å²) < 4.78 is 12.2. The van der Waals surface area contributed by atoms with Crippen LogP contribution < -0.4 is 14.5 Å². The van der Waals surface area contributed by atoms with Crippen LogP contribution in [-0.4, -0.2) is 61.0 Å². The maximum absolute atomic E-state index is 6.51. The molecule has 7 nitrogen and oxygen atoms in total. The zero-order valence-corrected chi connectivity index (χ0v) is 30.7. The van der Waals surface area contributed by atoms with Crippen LogP contribution in [0.25, 0.3) is 55.0 Å². The van der Waals surface area contributed by atoms with Crippen molar-refractivity contribution in [3.8, 4) is 28.1 Å². The third kappa shape index (κ3) is 6.48. The van der Waals surface area contributed by atoms with Gasteiger partial charge in [0.1, 0.15) is 11.6 Å². The smallest absolute Gasteiger partial charge is 0.221 e. The quantitative estimate of drug-likeness (QED) is 0.151. The number of hydrogen-bond acceptors (Lipinski definition) is 7. The minimum absolute atomic E-state index is 0.275. The lowest BCUT2D eigenvalue weighted by molar-refractivity contribution is 0.122. The Labute approximate surface area is 301 Å². The highest BCUT2D eigenvalue weighted by Crippen LogP contribution is 2.42. The zero-order chi connectivity index (χ0) is 35.1. The van der Waals surface area contributed by atoms with Crippen molar-refractivity contribution >= 4 is 44.3 Å². The molecule has 0 saturated carbocycles. The van der Waals surface area contributed by atoms with Crippen molar-refractivity contribution in [1.29, 1.82) is 0 Å². The van der Waals surface area contributed by atoms with Crippen LogP contribution in [0.4, 0.5) is 11.6 Å². The van der Waals surface area contributed by atoms with E-state index in [0.717, 1.165) is 93.8 Å². The Morgan fingerprint density at radius 1 is 0.667 bits per heavy atom. The largest absolute Gasteiger partial charge is 0.477 e. The fourth-order valence-electron chi connectivity index (χ4n) is 7.78. The van der Waals surface area contributed by atoms with Gasteiger partial charge in [-0.3, -0.25) is 0 Å². The Kier molecular flexibility index (Phi) is 9.24. The van der Waals surface area contributed by atoms with Crippen LogP contribution in [0.3, 0.4) is 0 Å². The van der Waals surface area contributed by atoms with Gasteiger partial charge in [0.15, 0.2) is 0 Å². The third-order valence-corrected chi connectivity index (χ3v) is 10.5. The first-order chi connectivity index (χ1) is 24.9. The standard InChI is InChI=1S/C44H49N5O2/c1-6-19-51-44-37(32-24-34(28(2)3)33-13-14-42(45-40(33)26-32)48-15-9-10-16-48)27-38-35(29(4)5)23-31(25-41(38)47-44)36-22-30-11-7-8-12-39(30)46-43(36)49-17-20-50-21-18-49/h7-8,11-14,22-29H,6,9-10,15-21H2,1-5H3. The molecule has 0 aliphatic carbocycles. The van der Waals surface area contributed by atoms with Gasteiger partial charge in [0.2, 0.25) is 5.88 Å². The highest BCUT2D eigenvalue weighted by atomic mass is 16.5. The van der Waals surface area contributed by atoms with Crippen LogP contribution in [0.5, 0.6) is 5.88 Å². The molecule has 2 saturated heterocycles. The van der Waals surface area contributed by atoms with Gasteiger partial charge >= 0.3 is 0 Å². The molecule has 262 valence electrons. The van der Waals surface area contributed by atoms with E-state index in [9.17, 15) is 0 Å². The molecule has 0 amide bonds. The van der Waals surface area contributed by atoms with Gasteiger partial charge in [-0.1, -0.05) is 58.9 Å². The molecular weight excluding hydrogens is 631 g/mol. The minimum atomic E-state index is 0.275. The third-order valence-electron chi connectivity index (χ3n) is 10.5. The molecular formula is C44H49N5O2. The number of morpholine rings is 1. The number of nitrogens with zero attached hydrogens (tertiary/aromatic N) is 5. The lowest BCUT2D eigenvalue weighted by Crippen LogP contribution is -2.37. The number of rotatable bonds is 9. The molecule has 0 atom stereocenters. The van der Waals surface area contributed by atoms with E-state index < -0.39 is 0 Å². The monoisotopic (exact) mass is 679 g/mol. The Morgan fingerprint density at radius 2 is 1.35 bits per heavy atom. The first kappa shape index (κ1) is 33.4. The van der Waals surface area contributed by atoms with Crippen LogP contribution in [0, 0.1) is 0 Å². The Balaban J connectivity index is 1.33. The van der Waals surface area contributed by atoms with Crippen LogP contribution in [0.15, 0.2) is 72.8 Å². The van der Waals surface area contributed by atoms with E-state index in [-0.39, 0.29) is 5.92 Å². The average Bonchev–Trinajstić information content (AvgIpc) is 3.71. The van der Waals surface area contributed by atoms with Crippen molar-refractivity contribution in [3.05, 3.63) is 83.9 Å². The molecule has 0 bridgehead atoms. The fourth-order valence-corrected chi connectivity index (χ4v) is 7.78. The number of ether oxygens (including phenoxy) is 2. The van der Waals surface area contributed by atoms with E-state index in [1.807, 2.05) is 0 Å². The lowest BCUT2D eigenvalue weighted by Gasteiger charge is -2.30. The first-order valence-corrected chi connectivity index (χ1v) is 18.9. The highest BCUT2D eigenvalue weighted by Gasteiger charge is 2.23. The second kappa shape index (κ2) is 14.1. The summed E-state index contributed by atoms with van der Waals surface area (Å²) in [5.74, 6) is 3.36. The molecule has 51 heavy (non-hydrogen) atoms. The van der Waals surface area contributed by atoms with E-state index in [1.54, 1.807) is 0 Å². The zero-order valence-electron chi connectivity index (χ0n) is 30.7. The molecule has 0 spiro atoms. The number of pyridine rings is 3. The summed E-state index contributed by atoms with van der Waals surface area (Å²) in [5, 5.41) is 3.50. The van der Waals surface area contributed by atoms with Crippen molar-refractivity contribution in [2.45, 2.75) is 65.7 Å².